The molecule has 0 saturated carbocycles. The van der Waals surface area contributed by atoms with E-state index < -0.39 is 11.6 Å². The molecule has 0 saturated heterocycles. The van der Waals surface area contributed by atoms with Gasteiger partial charge in [-0.2, -0.15) is 0 Å². The SMILES string of the molecule is COc1cccc(CCNc2cc(F)cc(F)c2N)c1. The predicted molar refractivity (Wildman–Crippen MR) is 76.0 cm³/mol. The third-order valence-electron chi connectivity index (χ3n) is 2.96. The van der Waals surface area contributed by atoms with Gasteiger partial charge in [-0.25, -0.2) is 8.78 Å². The van der Waals surface area contributed by atoms with Crippen molar-refractivity contribution < 1.29 is 13.5 Å². The number of rotatable bonds is 5. The molecule has 0 aliphatic heterocycles. The summed E-state index contributed by atoms with van der Waals surface area (Å²) < 4.78 is 31.5. The van der Waals surface area contributed by atoms with E-state index in [1.54, 1.807) is 7.11 Å². The zero-order chi connectivity index (χ0) is 14.5. The van der Waals surface area contributed by atoms with Crippen molar-refractivity contribution in [3.05, 3.63) is 53.6 Å². The first kappa shape index (κ1) is 14.1. The molecule has 0 aliphatic rings. The largest absolute Gasteiger partial charge is 0.497 e. The third kappa shape index (κ3) is 3.38. The molecule has 2 rings (SSSR count). The minimum Gasteiger partial charge on any atom is -0.497 e. The van der Waals surface area contributed by atoms with Crippen LogP contribution in [0.4, 0.5) is 20.2 Å². The summed E-state index contributed by atoms with van der Waals surface area (Å²) in [5.74, 6) is -0.631. The Labute approximate surface area is 116 Å². The van der Waals surface area contributed by atoms with Crippen LogP contribution in [0.25, 0.3) is 0 Å². The maximum absolute atomic E-state index is 13.3. The number of methoxy groups -OCH3 is 1. The molecule has 0 bridgehead atoms. The van der Waals surface area contributed by atoms with Crippen LogP contribution >= 0.6 is 0 Å². The van der Waals surface area contributed by atoms with Crippen molar-refractivity contribution >= 4 is 11.4 Å². The van der Waals surface area contributed by atoms with Crippen molar-refractivity contribution in [1.82, 2.24) is 0 Å². The Kier molecular flexibility index (Phi) is 4.40. The van der Waals surface area contributed by atoms with Crippen molar-refractivity contribution in [2.75, 3.05) is 24.7 Å². The van der Waals surface area contributed by atoms with Gasteiger partial charge >= 0.3 is 0 Å². The fourth-order valence-corrected chi connectivity index (χ4v) is 1.90. The highest BCUT2D eigenvalue weighted by molar-refractivity contribution is 5.66. The van der Waals surface area contributed by atoms with Crippen LogP contribution in [0.3, 0.4) is 0 Å². The highest BCUT2D eigenvalue weighted by atomic mass is 19.1. The second kappa shape index (κ2) is 6.23. The summed E-state index contributed by atoms with van der Waals surface area (Å²) >= 11 is 0. The summed E-state index contributed by atoms with van der Waals surface area (Å²) in [6.07, 6.45) is 0.689. The van der Waals surface area contributed by atoms with Gasteiger partial charge in [0, 0.05) is 12.6 Å². The Morgan fingerprint density at radius 1 is 1.20 bits per heavy atom. The Morgan fingerprint density at radius 2 is 2.00 bits per heavy atom. The molecular weight excluding hydrogens is 262 g/mol. The fraction of sp³-hybridized carbons (Fsp3) is 0.200. The van der Waals surface area contributed by atoms with Crippen molar-refractivity contribution in [3.63, 3.8) is 0 Å². The van der Waals surface area contributed by atoms with Crippen LogP contribution in [0.5, 0.6) is 5.75 Å². The molecule has 0 radical (unpaired) electrons. The zero-order valence-corrected chi connectivity index (χ0v) is 11.1. The Bertz CT molecular complexity index is 602. The van der Waals surface area contributed by atoms with Crippen LogP contribution in [-0.2, 0) is 6.42 Å². The lowest BCUT2D eigenvalue weighted by Gasteiger charge is -2.10. The first-order valence-electron chi connectivity index (χ1n) is 6.21. The van der Waals surface area contributed by atoms with Crippen LogP contribution in [0.15, 0.2) is 36.4 Å². The molecule has 2 aromatic rings. The Hall–Kier alpha value is -2.30. The average molecular weight is 278 g/mol. The summed E-state index contributed by atoms with van der Waals surface area (Å²) in [7, 11) is 1.60. The Balaban J connectivity index is 1.99. The van der Waals surface area contributed by atoms with Gasteiger partial charge in [0.1, 0.15) is 11.6 Å². The summed E-state index contributed by atoms with van der Waals surface area (Å²) in [5.41, 5.74) is 6.81. The molecule has 106 valence electrons. The van der Waals surface area contributed by atoms with E-state index in [0.717, 1.165) is 17.4 Å². The maximum atomic E-state index is 13.3. The van der Waals surface area contributed by atoms with E-state index >= 15 is 0 Å². The number of nitrogen functional groups attached to an aromatic ring is 1. The average Bonchev–Trinajstić information content (AvgIpc) is 2.44. The van der Waals surface area contributed by atoms with Crippen molar-refractivity contribution in [3.8, 4) is 5.75 Å². The van der Waals surface area contributed by atoms with Gasteiger partial charge in [0.25, 0.3) is 0 Å². The summed E-state index contributed by atoms with van der Waals surface area (Å²) in [4.78, 5) is 0. The van der Waals surface area contributed by atoms with Crippen molar-refractivity contribution in [1.29, 1.82) is 0 Å². The number of hydrogen-bond acceptors (Lipinski definition) is 3. The van der Waals surface area contributed by atoms with Gasteiger partial charge in [-0.15, -0.1) is 0 Å². The number of benzene rings is 2. The topological polar surface area (TPSA) is 47.3 Å². The van der Waals surface area contributed by atoms with Gasteiger partial charge in [-0.1, -0.05) is 12.1 Å². The quantitative estimate of drug-likeness (QED) is 0.826. The van der Waals surface area contributed by atoms with E-state index in [0.29, 0.717) is 13.0 Å². The molecule has 5 heteroatoms. The number of nitrogens with two attached hydrogens (primary N) is 1. The van der Waals surface area contributed by atoms with Gasteiger partial charge in [0.15, 0.2) is 5.82 Å². The number of hydrogen-bond donors (Lipinski definition) is 2. The molecule has 0 fully saturated rings. The first-order valence-corrected chi connectivity index (χ1v) is 6.21. The molecule has 0 atom stereocenters. The molecule has 3 nitrogen and oxygen atoms in total. The predicted octanol–water partition coefficient (Wildman–Crippen LogP) is 3.21. The molecule has 20 heavy (non-hydrogen) atoms. The van der Waals surface area contributed by atoms with Crippen molar-refractivity contribution in [2.45, 2.75) is 6.42 Å². The van der Waals surface area contributed by atoms with E-state index in [1.165, 1.54) is 6.07 Å². The summed E-state index contributed by atoms with van der Waals surface area (Å²) in [6, 6.07) is 9.57. The lowest BCUT2D eigenvalue weighted by atomic mass is 10.1. The summed E-state index contributed by atoms with van der Waals surface area (Å²) in [5, 5.41) is 2.93. The molecule has 0 aliphatic carbocycles. The smallest absolute Gasteiger partial charge is 0.151 e. The molecule has 2 aromatic carbocycles. The first-order chi connectivity index (χ1) is 9.60. The fourth-order valence-electron chi connectivity index (χ4n) is 1.90. The van der Waals surface area contributed by atoms with Gasteiger partial charge in [0.2, 0.25) is 0 Å². The Morgan fingerprint density at radius 3 is 2.75 bits per heavy atom. The highest BCUT2D eigenvalue weighted by Crippen LogP contribution is 2.23. The molecule has 0 unspecified atom stereocenters. The van der Waals surface area contributed by atoms with E-state index in [2.05, 4.69) is 5.32 Å². The second-order valence-corrected chi connectivity index (χ2v) is 4.38. The van der Waals surface area contributed by atoms with Crippen LogP contribution in [0.1, 0.15) is 5.56 Å². The van der Waals surface area contributed by atoms with E-state index in [4.69, 9.17) is 10.5 Å². The minimum atomic E-state index is -0.756. The van der Waals surface area contributed by atoms with E-state index in [9.17, 15) is 8.78 Å². The van der Waals surface area contributed by atoms with E-state index in [1.807, 2.05) is 24.3 Å². The second-order valence-electron chi connectivity index (χ2n) is 4.38. The molecular formula is C15H16F2N2O. The van der Waals surface area contributed by atoms with Gasteiger partial charge in [-0.05, 0) is 30.2 Å². The van der Waals surface area contributed by atoms with E-state index in [-0.39, 0.29) is 11.4 Å². The maximum Gasteiger partial charge on any atom is 0.151 e. The van der Waals surface area contributed by atoms with Crippen LogP contribution < -0.4 is 15.8 Å². The number of halogens is 2. The molecule has 3 N–H and O–H groups in total. The lowest BCUT2D eigenvalue weighted by Crippen LogP contribution is -2.08. The third-order valence-corrected chi connectivity index (χ3v) is 2.96. The summed E-state index contributed by atoms with van der Waals surface area (Å²) in [6.45, 7) is 0.514. The molecule has 0 amide bonds. The van der Waals surface area contributed by atoms with Gasteiger partial charge < -0.3 is 15.8 Å². The van der Waals surface area contributed by atoms with Gasteiger partial charge in [0.05, 0.1) is 18.5 Å². The number of nitrogens with one attached hydrogen (secondary N) is 1. The highest BCUT2D eigenvalue weighted by Gasteiger charge is 2.07. The minimum absolute atomic E-state index is 0.0722. The van der Waals surface area contributed by atoms with Crippen LogP contribution in [0.2, 0.25) is 0 Å². The number of anilines is 2. The zero-order valence-electron chi connectivity index (χ0n) is 11.1. The number of ether oxygens (including phenoxy) is 1. The lowest BCUT2D eigenvalue weighted by molar-refractivity contribution is 0.414. The molecule has 0 heterocycles. The van der Waals surface area contributed by atoms with Crippen LogP contribution in [0, 0.1) is 11.6 Å². The standard InChI is InChI=1S/C15H16F2N2O/c1-20-12-4-2-3-10(7-12)5-6-19-14-9-11(16)8-13(17)15(14)18/h2-4,7-9,19H,5-6,18H2,1H3. The monoisotopic (exact) mass is 278 g/mol. The normalized spacial score (nSPS) is 10.3. The van der Waals surface area contributed by atoms with Crippen molar-refractivity contribution in [2.24, 2.45) is 0 Å². The van der Waals surface area contributed by atoms with Crippen LogP contribution in [-0.4, -0.2) is 13.7 Å². The molecule has 0 spiro atoms. The molecule has 0 aromatic heterocycles. The van der Waals surface area contributed by atoms with Gasteiger partial charge in [-0.3, -0.25) is 0 Å².